The Morgan fingerprint density at radius 2 is 2.14 bits per heavy atom. The first-order valence-corrected chi connectivity index (χ1v) is 6.18. The Hall–Kier alpha value is -0.200. The summed E-state index contributed by atoms with van der Waals surface area (Å²) in [4.78, 5) is 22.9. The fourth-order valence-electron chi connectivity index (χ4n) is 0.765. The van der Waals surface area contributed by atoms with Gasteiger partial charge in [0.05, 0.1) is 16.0 Å². The summed E-state index contributed by atoms with van der Waals surface area (Å²) in [6, 6.07) is 0. The van der Waals surface area contributed by atoms with Gasteiger partial charge in [0.2, 0.25) is 0 Å². The van der Waals surface area contributed by atoms with Crippen molar-refractivity contribution in [2.24, 2.45) is 0 Å². The molecule has 6 heteroatoms. The monoisotopic (exact) mass is 340 g/mol. The molecule has 0 aliphatic rings. The fourth-order valence-corrected chi connectivity index (χ4v) is 2.84. The normalized spacial score (nSPS) is 9.93. The topological polar surface area (TPSA) is 43.4 Å². The molecule has 0 fully saturated rings. The van der Waals surface area contributed by atoms with Crippen molar-refractivity contribution in [1.29, 1.82) is 0 Å². The van der Waals surface area contributed by atoms with Gasteiger partial charge in [-0.2, -0.15) is 0 Å². The number of Topliss-reactive ketones (excluding diaryl/α,β-unsaturated/α-hetero) is 1. The SMILES string of the molecule is CCOC(=O)C(=O)c1scc(Br)c1Br. The van der Waals surface area contributed by atoms with Gasteiger partial charge in [-0.25, -0.2) is 4.79 Å². The van der Waals surface area contributed by atoms with Crippen LogP contribution in [0.4, 0.5) is 0 Å². The van der Waals surface area contributed by atoms with E-state index in [0.717, 1.165) is 4.47 Å². The summed E-state index contributed by atoms with van der Waals surface area (Å²) in [5.41, 5.74) is 0. The molecule has 0 amide bonds. The molecule has 0 saturated heterocycles. The number of halogens is 2. The van der Waals surface area contributed by atoms with Crippen LogP contribution >= 0.6 is 43.2 Å². The van der Waals surface area contributed by atoms with Crippen molar-refractivity contribution >= 4 is 54.9 Å². The predicted octanol–water partition coefficient (Wildman–Crippen LogP) is 3.02. The first-order chi connectivity index (χ1) is 6.57. The van der Waals surface area contributed by atoms with Gasteiger partial charge in [-0.15, -0.1) is 11.3 Å². The van der Waals surface area contributed by atoms with E-state index in [1.807, 2.05) is 0 Å². The Balaban J connectivity index is 2.90. The minimum absolute atomic E-state index is 0.203. The maximum absolute atomic E-state index is 11.5. The van der Waals surface area contributed by atoms with Crippen LogP contribution in [-0.2, 0) is 9.53 Å². The number of ether oxygens (including phenoxy) is 1. The van der Waals surface area contributed by atoms with Crippen molar-refractivity contribution in [2.45, 2.75) is 6.92 Å². The van der Waals surface area contributed by atoms with Crippen molar-refractivity contribution in [3.05, 3.63) is 19.2 Å². The minimum Gasteiger partial charge on any atom is -0.460 e. The van der Waals surface area contributed by atoms with E-state index in [9.17, 15) is 9.59 Å². The van der Waals surface area contributed by atoms with E-state index in [-0.39, 0.29) is 6.61 Å². The number of esters is 1. The van der Waals surface area contributed by atoms with Crippen LogP contribution in [0.3, 0.4) is 0 Å². The molecule has 0 radical (unpaired) electrons. The second-order valence-corrected chi connectivity index (χ2v) is 4.80. The van der Waals surface area contributed by atoms with Crippen molar-refractivity contribution in [2.75, 3.05) is 6.61 Å². The zero-order chi connectivity index (χ0) is 10.7. The highest BCUT2D eigenvalue weighted by Gasteiger charge is 2.22. The van der Waals surface area contributed by atoms with E-state index in [0.29, 0.717) is 9.35 Å². The lowest BCUT2D eigenvalue weighted by atomic mass is 10.3. The number of hydrogen-bond donors (Lipinski definition) is 0. The number of carbonyl (C=O) groups is 2. The van der Waals surface area contributed by atoms with E-state index in [4.69, 9.17) is 0 Å². The molecule has 0 bridgehead atoms. The smallest absolute Gasteiger partial charge is 0.380 e. The van der Waals surface area contributed by atoms with Crippen molar-refractivity contribution in [3.63, 3.8) is 0 Å². The molecule has 0 N–H and O–H groups in total. The van der Waals surface area contributed by atoms with Crippen LogP contribution in [0, 0.1) is 0 Å². The van der Waals surface area contributed by atoms with Crippen LogP contribution in [0.15, 0.2) is 14.3 Å². The molecule has 0 aromatic carbocycles. The van der Waals surface area contributed by atoms with E-state index in [2.05, 4.69) is 36.6 Å². The van der Waals surface area contributed by atoms with E-state index in [1.165, 1.54) is 11.3 Å². The molecule has 0 atom stereocenters. The quantitative estimate of drug-likeness (QED) is 0.482. The zero-order valence-electron chi connectivity index (χ0n) is 7.17. The van der Waals surface area contributed by atoms with Gasteiger partial charge < -0.3 is 4.74 Å². The summed E-state index contributed by atoms with van der Waals surface area (Å²) in [6.45, 7) is 1.86. The fraction of sp³-hybridized carbons (Fsp3) is 0.250. The maximum atomic E-state index is 11.5. The lowest BCUT2D eigenvalue weighted by molar-refractivity contribution is -0.137. The summed E-state index contributed by atoms with van der Waals surface area (Å²) in [5, 5.41) is 1.73. The average Bonchev–Trinajstić information content (AvgIpc) is 2.47. The Morgan fingerprint density at radius 3 is 2.57 bits per heavy atom. The number of ketones is 1. The molecule has 3 nitrogen and oxygen atoms in total. The number of rotatable bonds is 3. The van der Waals surface area contributed by atoms with Crippen LogP contribution in [0.25, 0.3) is 0 Å². The van der Waals surface area contributed by atoms with Gasteiger partial charge >= 0.3 is 5.97 Å². The first kappa shape index (κ1) is 11.9. The van der Waals surface area contributed by atoms with Crippen LogP contribution in [0.5, 0.6) is 0 Å². The lowest BCUT2D eigenvalue weighted by Gasteiger charge is -1.98. The molecular weight excluding hydrogens is 336 g/mol. The van der Waals surface area contributed by atoms with Crippen LogP contribution in [0.1, 0.15) is 16.6 Å². The highest BCUT2D eigenvalue weighted by molar-refractivity contribution is 9.13. The Bertz CT molecular complexity index is 373. The molecule has 0 spiro atoms. The van der Waals surface area contributed by atoms with Crippen LogP contribution < -0.4 is 0 Å². The van der Waals surface area contributed by atoms with Gasteiger partial charge in [-0.1, -0.05) is 0 Å². The molecule has 0 aliphatic heterocycles. The van der Waals surface area contributed by atoms with Crippen LogP contribution in [0.2, 0.25) is 0 Å². The van der Waals surface area contributed by atoms with Crippen molar-refractivity contribution in [1.82, 2.24) is 0 Å². The standard InChI is InChI=1S/C8H6Br2O3S/c1-2-13-8(12)6(11)7-5(10)4(9)3-14-7/h3H,2H2,1H3. The summed E-state index contributed by atoms with van der Waals surface area (Å²) < 4.78 is 5.96. The third-order valence-electron chi connectivity index (χ3n) is 1.36. The van der Waals surface area contributed by atoms with Crippen molar-refractivity contribution in [3.8, 4) is 0 Å². The summed E-state index contributed by atoms with van der Waals surface area (Å²) in [7, 11) is 0. The molecule has 1 heterocycles. The van der Waals surface area contributed by atoms with Gasteiger partial charge in [0, 0.05) is 9.85 Å². The second kappa shape index (κ2) is 5.04. The van der Waals surface area contributed by atoms with Crippen LogP contribution in [-0.4, -0.2) is 18.4 Å². The molecule has 1 aromatic rings. The molecule has 0 aliphatic carbocycles. The summed E-state index contributed by atoms with van der Waals surface area (Å²) in [6.07, 6.45) is 0. The highest BCUT2D eigenvalue weighted by atomic mass is 79.9. The number of carbonyl (C=O) groups excluding carboxylic acids is 2. The molecular formula is C8H6Br2O3S. The minimum atomic E-state index is -0.817. The van der Waals surface area contributed by atoms with E-state index in [1.54, 1.807) is 12.3 Å². The van der Waals surface area contributed by atoms with E-state index < -0.39 is 11.8 Å². The Kier molecular flexibility index (Phi) is 4.28. The van der Waals surface area contributed by atoms with Gasteiger partial charge in [-0.3, -0.25) is 4.79 Å². The van der Waals surface area contributed by atoms with Gasteiger partial charge in [0.25, 0.3) is 5.78 Å². The third kappa shape index (κ3) is 2.43. The number of hydrogen-bond acceptors (Lipinski definition) is 4. The van der Waals surface area contributed by atoms with Crippen molar-refractivity contribution < 1.29 is 14.3 Å². The highest BCUT2D eigenvalue weighted by Crippen LogP contribution is 2.32. The first-order valence-electron chi connectivity index (χ1n) is 3.71. The summed E-state index contributed by atoms with van der Waals surface area (Å²) >= 11 is 7.63. The second-order valence-electron chi connectivity index (χ2n) is 2.28. The molecule has 1 aromatic heterocycles. The van der Waals surface area contributed by atoms with Gasteiger partial charge in [0.15, 0.2) is 0 Å². The largest absolute Gasteiger partial charge is 0.460 e. The maximum Gasteiger partial charge on any atom is 0.380 e. The third-order valence-corrected chi connectivity index (χ3v) is 4.88. The lowest BCUT2D eigenvalue weighted by Crippen LogP contribution is -2.16. The van der Waals surface area contributed by atoms with Gasteiger partial charge in [0.1, 0.15) is 0 Å². The molecule has 1 rings (SSSR count). The molecule has 14 heavy (non-hydrogen) atoms. The molecule has 76 valence electrons. The van der Waals surface area contributed by atoms with Gasteiger partial charge in [-0.05, 0) is 38.8 Å². The Morgan fingerprint density at radius 1 is 1.50 bits per heavy atom. The number of thiophene rings is 1. The van der Waals surface area contributed by atoms with E-state index >= 15 is 0 Å². The predicted molar refractivity (Wildman–Crippen MR) is 60.7 cm³/mol. The molecule has 0 saturated carbocycles. The average molecular weight is 342 g/mol. The zero-order valence-corrected chi connectivity index (χ0v) is 11.2. The summed E-state index contributed by atoms with van der Waals surface area (Å²) in [5.74, 6) is -1.43. The molecule has 0 unspecified atom stereocenters. The Labute approximate surface area is 102 Å².